The molecule has 0 atom stereocenters. The Hall–Kier alpha value is -0.850. The van der Waals surface area contributed by atoms with E-state index in [1.807, 2.05) is 0 Å². The smallest absolute Gasteiger partial charge is 0.163 e. The number of allylic oxidation sites excluding steroid dienone is 4. The van der Waals surface area contributed by atoms with Crippen LogP contribution in [0.3, 0.4) is 0 Å². The Kier molecular flexibility index (Phi) is 2.58. The molecule has 0 N–H and O–H groups in total. The summed E-state index contributed by atoms with van der Waals surface area (Å²) in [4.78, 5) is 11.7. The Labute approximate surface area is 85.9 Å². The minimum Gasteiger partial charge on any atom is -0.294 e. The molecule has 0 aromatic carbocycles. The Balaban J connectivity index is 2.28. The van der Waals surface area contributed by atoms with Crippen molar-refractivity contribution in [3.05, 3.63) is 22.8 Å². The van der Waals surface area contributed by atoms with Crippen molar-refractivity contribution in [3.8, 4) is 0 Å². The van der Waals surface area contributed by atoms with Crippen molar-refractivity contribution in [2.45, 2.75) is 46.0 Å². The summed E-state index contributed by atoms with van der Waals surface area (Å²) in [7, 11) is 0. The monoisotopic (exact) mass is 190 g/mol. The van der Waals surface area contributed by atoms with Crippen LogP contribution >= 0.6 is 0 Å². The zero-order chi connectivity index (χ0) is 10.1. The van der Waals surface area contributed by atoms with Gasteiger partial charge in [-0.15, -0.1) is 0 Å². The first-order valence-corrected chi connectivity index (χ1v) is 5.72. The van der Waals surface area contributed by atoms with Gasteiger partial charge >= 0.3 is 0 Å². The van der Waals surface area contributed by atoms with Gasteiger partial charge in [-0.25, -0.2) is 0 Å². The van der Waals surface area contributed by atoms with Crippen molar-refractivity contribution in [2.75, 3.05) is 0 Å². The van der Waals surface area contributed by atoms with Gasteiger partial charge in [0, 0.05) is 6.42 Å². The largest absolute Gasteiger partial charge is 0.294 e. The first-order chi connectivity index (χ1) is 6.76. The molecule has 0 aliphatic heterocycles. The van der Waals surface area contributed by atoms with E-state index in [1.165, 1.54) is 24.0 Å². The molecule has 0 saturated heterocycles. The molecule has 1 saturated carbocycles. The van der Waals surface area contributed by atoms with Gasteiger partial charge in [0.25, 0.3) is 0 Å². The molecule has 2 aliphatic rings. The summed E-state index contributed by atoms with van der Waals surface area (Å²) < 4.78 is 0. The molecule has 1 heteroatoms. The zero-order valence-electron chi connectivity index (χ0n) is 9.10. The van der Waals surface area contributed by atoms with Crippen molar-refractivity contribution < 1.29 is 4.79 Å². The number of hydrogen-bond acceptors (Lipinski definition) is 1. The van der Waals surface area contributed by atoms with Crippen LogP contribution in [0, 0.1) is 5.92 Å². The zero-order valence-corrected chi connectivity index (χ0v) is 9.10. The fourth-order valence-electron chi connectivity index (χ4n) is 2.31. The number of hydrogen-bond donors (Lipinski definition) is 0. The fraction of sp³-hybridized carbons (Fsp3) is 0.615. The predicted molar refractivity (Wildman–Crippen MR) is 58.0 cm³/mol. The third-order valence-electron chi connectivity index (χ3n) is 3.21. The van der Waals surface area contributed by atoms with E-state index < -0.39 is 0 Å². The number of ketones is 1. The topological polar surface area (TPSA) is 17.1 Å². The molecule has 0 unspecified atom stereocenters. The maximum absolute atomic E-state index is 11.7. The van der Waals surface area contributed by atoms with Crippen LogP contribution in [-0.2, 0) is 4.79 Å². The summed E-state index contributed by atoms with van der Waals surface area (Å²) in [5, 5.41) is 0. The number of carbonyl (C=O) groups is 1. The predicted octanol–water partition coefficient (Wildman–Crippen LogP) is 3.41. The van der Waals surface area contributed by atoms with Crippen molar-refractivity contribution in [2.24, 2.45) is 5.92 Å². The second kappa shape index (κ2) is 3.72. The quantitative estimate of drug-likeness (QED) is 0.666. The summed E-state index contributed by atoms with van der Waals surface area (Å²) in [6, 6.07) is 0. The molecule has 0 radical (unpaired) electrons. The summed E-state index contributed by atoms with van der Waals surface area (Å²) in [6.07, 6.45) is 7.62. The average molecular weight is 190 g/mol. The summed E-state index contributed by atoms with van der Waals surface area (Å²) >= 11 is 0. The molecule has 0 bridgehead atoms. The van der Waals surface area contributed by atoms with E-state index in [1.54, 1.807) is 0 Å². The van der Waals surface area contributed by atoms with E-state index >= 15 is 0 Å². The van der Waals surface area contributed by atoms with Crippen molar-refractivity contribution in [1.82, 2.24) is 0 Å². The van der Waals surface area contributed by atoms with Gasteiger partial charge < -0.3 is 0 Å². The van der Waals surface area contributed by atoms with Gasteiger partial charge in [0.05, 0.1) is 0 Å². The van der Waals surface area contributed by atoms with E-state index in [4.69, 9.17) is 0 Å². The van der Waals surface area contributed by atoms with E-state index in [9.17, 15) is 4.79 Å². The van der Waals surface area contributed by atoms with Crippen molar-refractivity contribution >= 4 is 5.78 Å². The van der Waals surface area contributed by atoms with Crippen molar-refractivity contribution in [1.29, 1.82) is 0 Å². The fourth-order valence-corrected chi connectivity index (χ4v) is 2.31. The highest BCUT2D eigenvalue weighted by molar-refractivity contribution is 6.02. The van der Waals surface area contributed by atoms with Crippen molar-refractivity contribution in [3.63, 3.8) is 0 Å². The van der Waals surface area contributed by atoms with E-state index in [0.29, 0.717) is 12.2 Å². The lowest BCUT2D eigenvalue weighted by molar-refractivity contribution is -0.114. The first kappa shape index (κ1) is 9.70. The summed E-state index contributed by atoms with van der Waals surface area (Å²) in [6.45, 7) is 4.24. The van der Waals surface area contributed by atoms with Gasteiger partial charge in [0.2, 0.25) is 0 Å². The van der Waals surface area contributed by atoms with Crippen LogP contribution in [0.25, 0.3) is 0 Å². The lowest BCUT2D eigenvalue weighted by Gasteiger charge is -2.02. The maximum atomic E-state index is 11.7. The second-order valence-corrected chi connectivity index (χ2v) is 4.29. The molecule has 2 aliphatic carbocycles. The molecule has 1 nitrogen and oxygen atoms in total. The highest BCUT2D eigenvalue weighted by atomic mass is 16.1. The number of carbonyl (C=O) groups excluding carboxylic acids is 1. The van der Waals surface area contributed by atoms with Crippen LogP contribution < -0.4 is 0 Å². The van der Waals surface area contributed by atoms with Gasteiger partial charge in [-0.3, -0.25) is 4.79 Å². The highest BCUT2D eigenvalue weighted by Gasteiger charge is 2.27. The average Bonchev–Trinajstić information content (AvgIpc) is 2.90. The molecule has 1 fully saturated rings. The molecule has 0 spiro atoms. The van der Waals surface area contributed by atoms with E-state index in [-0.39, 0.29) is 0 Å². The first-order valence-electron chi connectivity index (χ1n) is 5.72. The lowest BCUT2D eigenvalue weighted by Crippen LogP contribution is -1.94. The van der Waals surface area contributed by atoms with Crippen LogP contribution in [0.5, 0.6) is 0 Å². The van der Waals surface area contributed by atoms with E-state index in [0.717, 1.165) is 24.3 Å². The van der Waals surface area contributed by atoms with Gasteiger partial charge in [0.1, 0.15) is 0 Å². The number of Topliss-reactive ketones (excluding diaryl/α,β-unsaturated/α-hetero) is 1. The molecule has 0 heterocycles. The minimum atomic E-state index is 0.372. The molecule has 0 aromatic heterocycles. The van der Waals surface area contributed by atoms with Gasteiger partial charge in [-0.05, 0) is 48.3 Å². The molecule has 0 aromatic rings. The Morgan fingerprint density at radius 2 is 1.86 bits per heavy atom. The summed E-state index contributed by atoms with van der Waals surface area (Å²) in [5.41, 5.74) is 3.79. The Bertz CT molecular complexity index is 316. The van der Waals surface area contributed by atoms with Gasteiger partial charge in [-0.2, -0.15) is 0 Å². The van der Waals surface area contributed by atoms with Crippen LogP contribution in [0.1, 0.15) is 46.0 Å². The number of rotatable bonds is 3. The minimum absolute atomic E-state index is 0.372. The lowest BCUT2D eigenvalue weighted by atomic mass is 10.0. The Morgan fingerprint density at radius 3 is 2.36 bits per heavy atom. The van der Waals surface area contributed by atoms with Crippen LogP contribution in [0.4, 0.5) is 0 Å². The molecule has 14 heavy (non-hydrogen) atoms. The molecular weight excluding hydrogens is 172 g/mol. The maximum Gasteiger partial charge on any atom is 0.163 e. The molecular formula is C13H18O. The van der Waals surface area contributed by atoms with Crippen LogP contribution in [0.2, 0.25) is 0 Å². The molecule has 76 valence electrons. The SMILES string of the molecule is CCC1=C(CC)/C(=C/C2CC2)CC1=O. The van der Waals surface area contributed by atoms with Gasteiger partial charge in [0.15, 0.2) is 5.78 Å². The van der Waals surface area contributed by atoms with Crippen LogP contribution in [0.15, 0.2) is 22.8 Å². The second-order valence-electron chi connectivity index (χ2n) is 4.29. The molecule has 0 amide bonds. The Morgan fingerprint density at radius 1 is 1.21 bits per heavy atom. The molecule has 2 rings (SSSR count). The van der Waals surface area contributed by atoms with Gasteiger partial charge in [-0.1, -0.05) is 19.9 Å². The summed E-state index contributed by atoms with van der Waals surface area (Å²) in [5.74, 6) is 1.16. The van der Waals surface area contributed by atoms with E-state index in [2.05, 4.69) is 19.9 Å². The normalized spacial score (nSPS) is 25.3. The van der Waals surface area contributed by atoms with Crippen LogP contribution in [-0.4, -0.2) is 5.78 Å². The highest BCUT2D eigenvalue weighted by Crippen LogP contribution is 2.38. The third kappa shape index (κ3) is 1.68. The standard InChI is InChI=1S/C13H18O/c1-3-11-10(7-9-5-6-9)8-13(14)12(11)4-2/h7,9H,3-6,8H2,1-2H3/b10-7+. The third-order valence-corrected chi connectivity index (χ3v) is 3.21.